The van der Waals surface area contributed by atoms with Gasteiger partial charge in [-0.1, -0.05) is 42.1 Å². The summed E-state index contributed by atoms with van der Waals surface area (Å²) in [4.78, 5) is 16.1. The zero-order chi connectivity index (χ0) is 19.1. The van der Waals surface area contributed by atoms with Crippen LogP contribution in [0.15, 0.2) is 58.3 Å². The molecule has 4 aromatic rings. The highest BCUT2D eigenvalue weighted by Crippen LogP contribution is 2.32. The number of rotatable bonds is 5. The molecule has 5 rings (SSSR count). The molecule has 1 aliphatic rings. The summed E-state index contributed by atoms with van der Waals surface area (Å²) in [7, 11) is 0. The zero-order valence-electron chi connectivity index (χ0n) is 15.4. The Bertz CT molecular complexity index is 1180. The predicted octanol–water partition coefficient (Wildman–Crippen LogP) is 5.07. The van der Waals surface area contributed by atoms with Gasteiger partial charge in [-0.2, -0.15) is 0 Å². The number of aromatic nitrogens is 3. The Kier molecular flexibility index (Phi) is 4.28. The van der Waals surface area contributed by atoms with Crippen molar-refractivity contribution in [2.24, 2.45) is 0 Å². The van der Waals surface area contributed by atoms with Crippen LogP contribution in [0.25, 0.3) is 22.4 Å². The molecule has 0 saturated heterocycles. The molecule has 5 nitrogen and oxygen atoms in total. The number of aryl methyl sites for hydroxylation is 2. The fourth-order valence-electron chi connectivity index (χ4n) is 3.78. The molecule has 0 radical (unpaired) electrons. The van der Waals surface area contributed by atoms with Crippen molar-refractivity contribution < 1.29 is 9.21 Å². The van der Waals surface area contributed by atoms with E-state index in [9.17, 15) is 4.79 Å². The molecule has 0 spiro atoms. The molecule has 140 valence electrons. The van der Waals surface area contributed by atoms with Crippen LogP contribution in [0, 0.1) is 0 Å². The molecule has 0 aliphatic heterocycles. The van der Waals surface area contributed by atoms with Gasteiger partial charge in [0, 0.05) is 22.7 Å². The number of para-hydroxylation sites is 1. The fourth-order valence-corrected chi connectivity index (χ4v) is 4.54. The average molecular weight is 389 g/mol. The standard InChI is InChI=1S/C22H19N3O2S/c1-13(20(26)16-10-9-14-5-4-6-15(14)11-16)28-22-25-24-21(27-22)18-12-23-19-8-3-2-7-17(18)19/h2-3,7-13,23H,4-6H2,1H3. The largest absolute Gasteiger partial charge is 0.411 e. The summed E-state index contributed by atoms with van der Waals surface area (Å²) in [5.74, 6) is 0.545. The van der Waals surface area contributed by atoms with E-state index in [4.69, 9.17) is 4.42 Å². The number of fused-ring (bicyclic) bond motifs is 2. The number of benzene rings is 2. The number of nitrogens with one attached hydrogen (secondary N) is 1. The van der Waals surface area contributed by atoms with Crippen LogP contribution in [-0.4, -0.2) is 26.2 Å². The first-order valence-electron chi connectivity index (χ1n) is 9.42. The van der Waals surface area contributed by atoms with Crippen LogP contribution in [-0.2, 0) is 12.8 Å². The van der Waals surface area contributed by atoms with Crippen LogP contribution >= 0.6 is 11.8 Å². The number of ketones is 1. The Labute approximate surface area is 166 Å². The minimum atomic E-state index is -0.296. The van der Waals surface area contributed by atoms with E-state index >= 15 is 0 Å². The van der Waals surface area contributed by atoms with Crippen molar-refractivity contribution in [3.8, 4) is 11.5 Å². The molecule has 0 fully saturated rings. The van der Waals surface area contributed by atoms with E-state index in [0.717, 1.165) is 34.9 Å². The Morgan fingerprint density at radius 1 is 1.14 bits per heavy atom. The molecule has 2 heterocycles. The normalized spacial score (nSPS) is 14.3. The van der Waals surface area contributed by atoms with E-state index in [1.807, 2.05) is 49.5 Å². The number of hydrogen-bond donors (Lipinski definition) is 1. The molecule has 1 aliphatic carbocycles. The van der Waals surface area contributed by atoms with Crippen LogP contribution in [0.3, 0.4) is 0 Å². The van der Waals surface area contributed by atoms with Gasteiger partial charge >= 0.3 is 0 Å². The Morgan fingerprint density at radius 3 is 2.93 bits per heavy atom. The fraction of sp³-hybridized carbons (Fsp3) is 0.227. The van der Waals surface area contributed by atoms with E-state index in [-0.39, 0.29) is 11.0 Å². The first kappa shape index (κ1) is 17.3. The average Bonchev–Trinajstić information content (AvgIpc) is 3.45. The molecular weight excluding hydrogens is 370 g/mol. The highest BCUT2D eigenvalue weighted by atomic mass is 32.2. The lowest BCUT2D eigenvalue weighted by atomic mass is 10.0. The monoisotopic (exact) mass is 389 g/mol. The van der Waals surface area contributed by atoms with Gasteiger partial charge in [0.25, 0.3) is 11.1 Å². The molecule has 28 heavy (non-hydrogen) atoms. The first-order valence-corrected chi connectivity index (χ1v) is 10.3. The lowest BCUT2D eigenvalue weighted by Gasteiger charge is -2.09. The smallest absolute Gasteiger partial charge is 0.277 e. The molecule has 1 atom stereocenters. The van der Waals surface area contributed by atoms with Gasteiger partial charge in [-0.05, 0) is 49.4 Å². The second kappa shape index (κ2) is 6.95. The van der Waals surface area contributed by atoms with Gasteiger partial charge in [-0.3, -0.25) is 4.79 Å². The summed E-state index contributed by atoms with van der Waals surface area (Å²) < 4.78 is 5.84. The second-order valence-corrected chi connectivity index (χ2v) is 8.37. The summed E-state index contributed by atoms with van der Waals surface area (Å²) in [6.45, 7) is 1.88. The van der Waals surface area contributed by atoms with Crippen molar-refractivity contribution in [2.75, 3.05) is 0 Å². The number of carbonyl (C=O) groups is 1. The number of hydrogen-bond acceptors (Lipinski definition) is 5. The van der Waals surface area contributed by atoms with Crippen LogP contribution < -0.4 is 0 Å². The third-order valence-electron chi connectivity index (χ3n) is 5.26. The van der Waals surface area contributed by atoms with Crippen molar-refractivity contribution in [1.82, 2.24) is 15.2 Å². The molecule has 0 bridgehead atoms. The van der Waals surface area contributed by atoms with Gasteiger partial charge in [0.05, 0.1) is 10.8 Å². The quantitative estimate of drug-likeness (QED) is 0.381. The lowest BCUT2D eigenvalue weighted by molar-refractivity contribution is 0.0993. The van der Waals surface area contributed by atoms with Gasteiger partial charge in [-0.15, -0.1) is 10.2 Å². The minimum Gasteiger partial charge on any atom is -0.411 e. The van der Waals surface area contributed by atoms with E-state index in [2.05, 4.69) is 21.2 Å². The summed E-state index contributed by atoms with van der Waals surface area (Å²) >= 11 is 1.30. The summed E-state index contributed by atoms with van der Waals surface area (Å²) in [5, 5.41) is 9.45. The maximum Gasteiger partial charge on any atom is 0.277 e. The van der Waals surface area contributed by atoms with E-state index in [1.165, 1.54) is 29.3 Å². The predicted molar refractivity (Wildman–Crippen MR) is 110 cm³/mol. The van der Waals surface area contributed by atoms with Crippen LogP contribution in [0.1, 0.15) is 34.8 Å². The summed E-state index contributed by atoms with van der Waals surface area (Å²) in [6, 6.07) is 14.0. The molecular formula is C22H19N3O2S. The van der Waals surface area contributed by atoms with Gasteiger partial charge in [0.1, 0.15) is 0 Å². The molecule has 1 unspecified atom stereocenters. The number of nitrogens with zero attached hydrogens (tertiary/aromatic N) is 2. The van der Waals surface area contributed by atoms with Gasteiger partial charge < -0.3 is 9.40 Å². The van der Waals surface area contributed by atoms with Crippen molar-refractivity contribution in [3.05, 3.63) is 65.4 Å². The number of thioether (sulfide) groups is 1. The van der Waals surface area contributed by atoms with Crippen molar-refractivity contribution in [2.45, 2.75) is 36.7 Å². The number of aromatic amines is 1. The Hall–Kier alpha value is -2.86. The number of H-pyrrole nitrogens is 1. The maximum atomic E-state index is 12.8. The van der Waals surface area contributed by atoms with Crippen LogP contribution in [0.5, 0.6) is 0 Å². The topological polar surface area (TPSA) is 71.8 Å². The number of Topliss-reactive ketones (excluding diaryl/α,β-unsaturated/α-hetero) is 1. The van der Waals surface area contributed by atoms with E-state index < -0.39 is 0 Å². The molecule has 0 saturated carbocycles. The first-order chi connectivity index (χ1) is 13.7. The van der Waals surface area contributed by atoms with Gasteiger partial charge in [0.15, 0.2) is 5.78 Å². The summed E-state index contributed by atoms with van der Waals surface area (Å²) in [5.41, 5.74) is 5.33. The van der Waals surface area contributed by atoms with Gasteiger partial charge in [0.2, 0.25) is 0 Å². The molecule has 2 aromatic carbocycles. The number of carbonyl (C=O) groups excluding carboxylic acids is 1. The highest BCUT2D eigenvalue weighted by Gasteiger charge is 2.22. The van der Waals surface area contributed by atoms with Crippen molar-refractivity contribution in [1.29, 1.82) is 0 Å². The van der Waals surface area contributed by atoms with Crippen LogP contribution in [0.2, 0.25) is 0 Å². The molecule has 6 heteroatoms. The molecule has 2 aromatic heterocycles. The minimum absolute atomic E-state index is 0.0894. The van der Waals surface area contributed by atoms with Crippen LogP contribution in [0.4, 0.5) is 0 Å². The highest BCUT2D eigenvalue weighted by molar-refractivity contribution is 8.00. The van der Waals surface area contributed by atoms with Crippen molar-refractivity contribution >= 4 is 28.4 Å². The van der Waals surface area contributed by atoms with E-state index in [0.29, 0.717) is 11.1 Å². The third-order valence-corrected chi connectivity index (χ3v) is 6.19. The SMILES string of the molecule is CC(Sc1nnc(-c2c[nH]c3ccccc23)o1)C(=O)c1ccc2c(c1)CCC2. The summed E-state index contributed by atoms with van der Waals surface area (Å²) in [6.07, 6.45) is 5.23. The third kappa shape index (κ3) is 3.03. The lowest BCUT2D eigenvalue weighted by Crippen LogP contribution is -2.13. The Morgan fingerprint density at radius 2 is 2.00 bits per heavy atom. The van der Waals surface area contributed by atoms with Crippen molar-refractivity contribution in [3.63, 3.8) is 0 Å². The molecule has 0 amide bonds. The Balaban J connectivity index is 1.34. The second-order valence-electron chi connectivity index (χ2n) is 7.08. The zero-order valence-corrected chi connectivity index (χ0v) is 16.3. The van der Waals surface area contributed by atoms with E-state index in [1.54, 1.807) is 0 Å². The molecule has 1 N–H and O–H groups in total. The van der Waals surface area contributed by atoms with Gasteiger partial charge in [-0.25, -0.2) is 0 Å². The maximum absolute atomic E-state index is 12.8.